The van der Waals surface area contributed by atoms with Gasteiger partial charge in [-0.2, -0.15) is 0 Å². The summed E-state index contributed by atoms with van der Waals surface area (Å²) in [5.74, 6) is 0. The number of pyridine rings is 2. The van der Waals surface area contributed by atoms with Crippen LogP contribution in [0.15, 0.2) is 36.7 Å². The van der Waals surface area contributed by atoms with Crippen LogP contribution in [0.2, 0.25) is 0 Å². The molecule has 2 rings (SSSR count). The van der Waals surface area contributed by atoms with Crippen LogP contribution in [-0.4, -0.2) is 16.5 Å². The molecule has 2 aromatic rings. The molecular weight excluding hydrogens is 234 g/mol. The molecule has 0 radical (unpaired) electrons. The monoisotopic (exact) mass is 255 g/mol. The predicted octanol–water partition coefficient (Wildman–Crippen LogP) is 2.99. The summed E-state index contributed by atoms with van der Waals surface area (Å²) in [6.45, 7) is 7.24. The highest BCUT2D eigenvalue weighted by Gasteiger charge is 2.15. The molecule has 2 aromatic heterocycles. The molecule has 0 aliphatic heterocycles. The molecule has 1 unspecified atom stereocenters. The maximum atomic E-state index is 4.60. The van der Waals surface area contributed by atoms with E-state index in [1.807, 2.05) is 24.5 Å². The topological polar surface area (TPSA) is 37.8 Å². The van der Waals surface area contributed by atoms with E-state index in [1.54, 1.807) is 0 Å². The molecule has 0 spiro atoms. The second-order valence-electron chi connectivity index (χ2n) is 4.85. The van der Waals surface area contributed by atoms with Crippen LogP contribution in [-0.2, 0) is 6.42 Å². The van der Waals surface area contributed by atoms with E-state index in [0.29, 0.717) is 0 Å². The van der Waals surface area contributed by atoms with Crippen LogP contribution in [0.25, 0.3) is 0 Å². The highest BCUT2D eigenvalue weighted by Crippen LogP contribution is 2.19. The molecule has 1 N–H and O–H groups in total. The van der Waals surface area contributed by atoms with Crippen LogP contribution in [0.3, 0.4) is 0 Å². The Labute approximate surface area is 115 Å². The zero-order chi connectivity index (χ0) is 13.7. The maximum Gasteiger partial charge on any atom is 0.0606 e. The first-order chi connectivity index (χ1) is 9.20. The van der Waals surface area contributed by atoms with Gasteiger partial charge < -0.3 is 5.32 Å². The lowest BCUT2D eigenvalue weighted by Crippen LogP contribution is -2.25. The third kappa shape index (κ3) is 3.61. The summed E-state index contributed by atoms with van der Waals surface area (Å²) in [5.41, 5.74) is 4.66. The molecule has 0 aromatic carbocycles. The van der Waals surface area contributed by atoms with E-state index in [1.165, 1.54) is 11.1 Å². The molecule has 0 bridgehead atoms. The Morgan fingerprint density at radius 2 is 2.05 bits per heavy atom. The standard InChI is InChI=1S/C16H21N3/c1-4-17-15(10-14-7-5-6-8-18-14)16-13(3)9-12(2)11-19-16/h5-9,11,15,17H,4,10H2,1-3H3. The highest BCUT2D eigenvalue weighted by molar-refractivity contribution is 5.26. The van der Waals surface area contributed by atoms with Gasteiger partial charge in [0.25, 0.3) is 0 Å². The smallest absolute Gasteiger partial charge is 0.0606 e. The minimum Gasteiger partial charge on any atom is -0.309 e. The second-order valence-corrected chi connectivity index (χ2v) is 4.85. The Bertz CT molecular complexity index is 523. The quantitative estimate of drug-likeness (QED) is 0.892. The SMILES string of the molecule is CCNC(Cc1ccccn1)c1ncc(C)cc1C. The Kier molecular flexibility index (Phi) is 4.63. The summed E-state index contributed by atoms with van der Waals surface area (Å²) in [6, 6.07) is 8.45. The lowest BCUT2D eigenvalue weighted by Gasteiger charge is -2.19. The van der Waals surface area contributed by atoms with Gasteiger partial charge in [-0.05, 0) is 43.7 Å². The van der Waals surface area contributed by atoms with Crippen molar-refractivity contribution in [2.24, 2.45) is 0 Å². The molecule has 0 aliphatic rings. The maximum absolute atomic E-state index is 4.60. The number of aromatic nitrogens is 2. The largest absolute Gasteiger partial charge is 0.309 e. The van der Waals surface area contributed by atoms with Gasteiger partial charge in [-0.15, -0.1) is 0 Å². The van der Waals surface area contributed by atoms with Crippen LogP contribution in [0.1, 0.15) is 35.5 Å². The van der Waals surface area contributed by atoms with Crippen LogP contribution in [0.4, 0.5) is 0 Å². The van der Waals surface area contributed by atoms with Crippen LogP contribution in [0, 0.1) is 13.8 Å². The summed E-state index contributed by atoms with van der Waals surface area (Å²) in [6.07, 6.45) is 4.64. The van der Waals surface area contributed by atoms with Crippen molar-refractivity contribution in [3.63, 3.8) is 0 Å². The predicted molar refractivity (Wildman–Crippen MR) is 78.1 cm³/mol. The van der Waals surface area contributed by atoms with E-state index in [9.17, 15) is 0 Å². The van der Waals surface area contributed by atoms with E-state index in [0.717, 1.165) is 24.4 Å². The normalized spacial score (nSPS) is 12.4. The Morgan fingerprint density at radius 3 is 2.68 bits per heavy atom. The minimum atomic E-state index is 0.223. The van der Waals surface area contributed by atoms with Gasteiger partial charge in [-0.3, -0.25) is 9.97 Å². The zero-order valence-corrected chi connectivity index (χ0v) is 11.9. The van der Waals surface area contributed by atoms with E-state index < -0.39 is 0 Å². The molecule has 19 heavy (non-hydrogen) atoms. The van der Waals surface area contributed by atoms with Crippen molar-refractivity contribution in [2.45, 2.75) is 33.2 Å². The number of rotatable bonds is 5. The second kappa shape index (κ2) is 6.43. The number of nitrogens with zero attached hydrogens (tertiary/aromatic N) is 2. The van der Waals surface area contributed by atoms with Gasteiger partial charge in [0.05, 0.1) is 11.7 Å². The molecule has 3 nitrogen and oxygen atoms in total. The van der Waals surface area contributed by atoms with Crippen molar-refractivity contribution in [3.8, 4) is 0 Å². The fourth-order valence-corrected chi connectivity index (χ4v) is 2.33. The molecule has 1 atom stereocenters. The summed E-state index contributed by atoms with van der Waals surface area (Å²) in [4.78, 5) is 9.01. The lowest BCUT2D eigenvalue weighted by molar-refractivity contribution is 0.528. The molecule has 0 saturated carbocycles. The Hall–Kier alpha value is -1.74. The van der Waals surface area contributed by atoms with Gasteiger partial charge in [-0.1, -0.05) is 19.1 Å². The van der Waals surface area contributed by atoms with Crippen LogP contribution < -0.4 is 5.32 Å². The molecule has 3 heteroatoms. The molecule has 0 fully saturated rings. The van der Waals surface area contributed by atoms with Crippen molar-refractivity contribution < 1.29 is 0 Å². The number of aryl methyl sites for hydroxylation is 2. The van der Waals surface area contributed by atoms with Crippen molar-refractivity contribution in [2.75, 3.05) is 6.54 Å². The van der Waals surface area contributed by atoms with E-state index in [4.69, 9.17) is 0 Å². The average Bonchev–Trinajstić information content (AvgIpc) is 2.39. The number of hydrogen-bond acceptors (Lipinski definition) is 3. The molecule has 0 saturated heterocycles. The van der Waals surface area contributed by atoms with Crippen LogP contribution >= 0.6 is 0 Å². The van der Waals surface area contributed by atoms with Gasteiger partial charge in [0.1, 0.15) is 0 Å². The van der Waals surface area contributed by atoms with Crippen molar-refractivity contribution in [1.82, 2.24) is 15.3 Å². The summed E-state index contributed by atoms with van der Waals surface area (Å²) in [7, 11) is 0. The molecular formula is C16H21N3. The van der Waals surface area contributed by atoms with E-state index in [-0.39, 0.29) is 6.04 Å². The summed E-state index contributed by atoms with van der Waals surface area (Å²) in [5, 5.41) is 3.51. The fourth-order valence-electron chi connectivity index (χ4n) is 2.33. The first-order valence-corrected chi connectivity index (χ1v) is 6.77. The zero-order valence-electron chi connectivity index (χ0n) is 11.9. The van der Waals surface area contributed by atoms with Gasteiger partial charge >= 0.3 is 0 Å². The third-order valence-electron chi connectivity index (χ3n) is 3.18. The highest BCUT2D eigenvalue weighted by atomic mass is 14.9. The van der Waals surface area contributed by atoms with E-state index >= 15 is 0 Å². The summed E-state index contributed by atoms with van der Waals surface area (Å²) >= 11 is 0. The van der Waals surface area contributed by atoms with Gasteiger partial charge in [0, 0.05) is 24.5 Å². The van der Waals surface area contributed by atoms with E-state index in [2.05, 4.69) is 48.2 Å². The van der Waals surface area contributed by atoms with Crippen molar-refractivity contribution >= 4 is 0 Å². The van der Waals surface area contributed by atoms with Crippen molar-refractivity contribution in [3.05, 3.63) is 59.2 Å². The molecule has 2 heterocycles. The fraction of sp³-hybridized carbons (Fsp3) is 0.375. The lowest BCUT2D eigenvalue weighted by atomic mass is 10.0. The van der Waals surface area contributed by atoms with Crippen LogP contribution in [0.5, 0.6) is 0 Å². The average molecular weight is 255 g/mol. The minimum absolute atomic E-state index is 0.223. The first kappa shape index (κ1) is 13.7. The van der Waals surface area contributed by atoms with Gasteiger partial charge in [0.2, 0.25) is 0 Å². The van der Waals surface area contributed by atoms with Gasteiger partial charge in [0.15, 0.2) is 0 Å². The Balaban J connectivity index is 2.24. The molecule has 0 aliphatic carbocycles. The Morgan fingerprint density at radius 1 is 1.21 bits per heavy atom. The molecule has 100 valence electrons. The first-order valence-electron chi connectivity index (χ1n) is 6.77. The number of nitrogens with one attached hydrogen (secondary N) is 1. The third-order valence-corrected chi connectivity index (χ3v) is 3.18. The number of likely N-dealkylation sites (N-methyl/N-ethyl adjacent to an activating group) is 1. The summed E-state index contributed by atoms with van der Waals surface area (Å²) < 4.78 is 0. The van der Waals surface area contributed by atoms with Crippen molar-refractivity contribution in [1.29, 1.82) is 0 Å². The molecule has 0 amide bonds. The number of hydrogen-bond donors (Lipinski definition) is 1. The van der Waals surface area contributed by atoms with Gasteiger partial charge in [-0.25, -0.2) is 0 Å².